The normalized spacial score (nSPS) is 14.1. The molecule has 1 aliphatic carbocycles. The number of hydrogen-bond acceptors (Lipinski definition) is 4. The van der Waals surface area contributed by atoms with E-state index in [0.29, 0.717) is 0 Å². The molecule has 4 heteroatoms. The lowest BCUT2D eigenvalue weighted by atomic mass is 10.2. The fraction of sp³-hybridized carbons (Fsp3) is 0.571. The number of anilines is 1. The number of aromatic nitrogens is 2. The highest BCUT2D eigenvalue weighted by Crippen LogP contribution is 2.39. The molecule has 3 rings (SSSR count). The molecule has 0 saturated heterocycles. The predicted molar refractivity (Wildman–Crippen MR) is 77.6 cm³/mol. The Hall–Kier alpha value is -1.16. The third kappa shape index (κ3) is 1.88. The van der Waals surface area contributed by atoms with Gasteiger partial charge < -0.3 is 5.32 Å². The average Bonchev–Trinajstić information content (AvgIpc) is 2.95. The molecular weight excluding hydrogens is 242 g/mol. The van der Waals surface area contributed by atoms with Crippen LogP contribution in [0.25, 0.3) is 10.2 Å². The van der Waals surface area contributed by atoms with Crippen molar-refractivity contribution in [2.24, 2.45) is 0 Å². The van der Waals surface area contributed by atoms with Crippen LogP contribution in [0.3, 0.4) is 0 Å². The van der Waals surface area contributed by atoms with Gasteiger partial charge >= 0.3 is 0 Å². The van der Waals surface area contributed by atoms with Gasteiger partial charge in [-0.3, -0.25) is 0 Å². The van der Waals surface area contributed by atoms with E-state index in [1.54, 1.807) is 0 Å². The van der Waals surface area contributed by atoms with Gasteiger partial charge in [0.25, 0.3) is 0 Å². The van der Waals surface area contributed by atoms with Crippen LogP contribution in [0.2, 0.25) is 0 Å². The molecule has 0 radical (unpaired) electrons. The fourth-order valence-corrected chi connectivity index (χ4v) is 3.85. The van der Waals surface area contributed by atoms with E-state index >= 15 is 0 Å². The third-order valence-corrected chi connectivity index (χ3v) is 4.66. The summed E-state index contributed by atoms with van der Waals surface area (Å²) in [4.78, 5) is 12.1. The summed E-state index contributed by atoms with van der Waals surface area (Å²) in [6.45, 7) is 5.29. The SMILES string of the molecule is CCCNc1nc(CC)nc2sc3c(c12)CCC3. The molecule has 0 aromatic carbocycles. The molecule has 1 aliphatic rings. The summed E-state index contributed by atoms with van der Waals surface area (Å²) in [7, 11) is 0. The van der Waals surface area contributed by atoms with E-state index in [9.17, 15) is 0 Å². The molecular formula is C14H19N3S. The molecule has 0 unspecified atom stereocenters. The minimum atomic E-state index is 0.902. The van der Waals surface area contributed by atoms with Gasteiger partial charge in [-0.1, -0.05) is 13.8 Å². The largest absolute Gasteiger partial charge is 0.369 e. The number of fused-ring (bicyclic) bond motifs is 3. The standard InChI is InChI=1S/C14H19N3S/c1-3-8-15-13-12-9-6-5-7-10(9)18-14(12)17-11(4-2)16-13/h3-8H2,1-2H3,(H,15,16,17). The maximum Gasteiger partial charge on any atom is 0.138 e. The maximum absolute atomic E-state index is 4.69. The maximum atomic E-state index is 4.69. The molecule has 96 valence electrons. The van der Waals surface area contributed by atoms with Gasteiger partial charge in [-0.25, -0.2) is 9.97 Å². The lowest BCUT2D eigenvalue weighted by Gasteiger charge is -2.08. The minimum absolute atomic E-state index is 0.902. The second-order valence-electron chi connectivity index (χ2n) is 4.81. The van der Waals surface area contributed by atoms with E-state index in [4.69, 9.17) is 9.97 Å². The minimum Gasteiger partial charge on any atom is -0.369 e. The quantitative estimate of drug-likeness (QED) is 0.914. The molecule has 0 fully saturated rings. The van der Waals surface area contributed by atoms with Gasteiger partial charge in [0.1, 0.15) is 16.5 Å². The Labute approximate surface area is 112 Å². The number of thiophene rings is 1. The van der Waals surface area contributed by atoms with Gasteiger partial charge in [0.15, 0.2) is 0 Å². The number of aryl methyl sites for hydroxylation is 3. The first-order valence-electron chi connectivity index (χ1n) is 6.88. The van der Waals surface area contributed by atoms with Crippen molar-refractivity contribution >= 4 is 27.4 Å². The van der Waals surface area contributed by atoms with Gasteiger partial charge in [-0.2, -0.15) is 0 Å². The van der Waals surface area contributed by atoms with Crippen molar-refractivity contribution in [3.05, 3.63) is 16.3 Å². The Balaban J connectivity index is 2.16. The van der Waals surface area contributed by atoms with Crippen LogP contribution in [0.4, 0.5) is 5.82 Å². The lowest BCUT2D eigenvalue weighted by Crippen LogP contribution is -2.05. The average molecular weight is 261 g/mol. The monoisotopic (exact) mass is 261 g/mol. The van der Waals surface area contributed by atoms with E-state index in [1.165, 1.54) is 39.9 Å². The Morgan fingerprint density at radius 2 is 2.11 bits per heavy atom. The van der Waals surface area contributed by atoms with E-state index in [0.717, 1.165) is 31.0 Å². The predicted octanol–water partition coefficient (Wildman–Crippen LogP) is 3.56. The van der Waals surface area contributed by atoms with Crippen LogP contribution in [0, 0.1) is 0 Å². The molecule has 0 spiro atoms. The summed E-state index contributed by atoms with van der Waals surface area (Å²) in [5.41, 5.74) is 1.51. The van der Waals surface area contributed by atoms with Crippen LogP contribution in [0.1, 0.15) is 43.0 Å². The van der Waals surface area contributed by atoms with Crippen molar-refractivity contribution in [2.75, 3.05) is 11.9 Å². The second kappa shape index (κ2) is 4.84. The summed E-state index contributed by atoms with van der Waals surface area (Å²) in [5.74, 6) is 2.03. The van der Waals surface area contributed by atoms with Gasteiger partial charge in [0, 0.05) is 17.8 Å². The first kappa shape index (κ1) is 11.9. The van der Waals surface area contributed by atoms with E-state index in [-0.39, 0.29) is 0 Å². The smallest absolute Gasteiger partial charge is 0.138 e. The van der Waals surface area contributed by atoms with Crippen LogP contribution in [-0.2, 0) is 19.3 Å². The Morgan fingerprint density at radius 1 is 1.22 bits per heavy atom. The highest BCUT2D eigenvalue weighted by atomic mass is 32.1. The van der Waals surface area contributed by atoms with Crippen LogP contribution in [-0.4, -0.2) is 16.5 Å². The summed E-state index contributed by atoms with van der Waals surface area (Å²) < 4.78 is 0. The molecule has 0 saturated carbocycles. The molecule has 0 atom stereocenters. The number of rotatable bonds is 4. The lowest BCUT2D eigenvalue weighted by molar-refractivity contribution is 0.912. The van der Waals surface area contributed by atoms with Crippen molar-refractivity contribution in [3.8, 4) is 0 Å². The first-order valence-corrected chi connectivity index (χ1v) is 7.70. The van der Waals surface area contributed by atoms with Gasteiger partial charge in [-0.05, 0) is 31.2 Å². The summed E-state index contributed by atoms with van der Waals surface area (Å²) in [6.07, 6.45) is 5.74. The van der Waals surface area contributed by atoms with Gasteiger partial charge in [0.2, 0.25) is 0 Å². The Kier molecular flexibility index (Phi) is 3.20. The third-order valence-electron chi connectivity index (χ3n) is 3.47. The number of nitrogens with one attached hydrogen (secondary N) is 1. The van der Waals surface area contributed by atoms with Crippen LogP contribution in [0.15, 0.2) is 0 Å². The molecule has 3 nitrogen and oxygen atoms in total. The van der Waals surface area contributed by atoms with Crippen molar-refractivity contribution in [1.82, 2.24) is 9.97 Å². The second-order valence-corrected chi connectivity index (χ2v) is 5.89. The zero-order chi connectivity index (χ0) is 12.5. The highest BCUT2D eigenvalue weighted by Gasteiger charge is 2.21. The molecule has 2 aromatic rings. The fourth-order valence-electron chi connectivity index (χ4n) is 2.57. The zero-order valence-electron chi connectivity index (χ0n) is 11.0. The Morgan fingerprint density at radius 3 is 2.89 bits per heavy atom. The van der Waals surface area contributed by atoms with E-state index < -0.39 is 0 Å². The van der Waals surface area contributed by atoms with Crippen molar-refractivity contribution in [3.63, 3.8) is 0 Å². The van der Waals surface area contributed by atoms with E-state index in [2.05, 4.69) is 19.2 Å². The molecule has 0 aliphatic heterocycles. The van der Waals surface area contributed by atoms with Crippen LogP contribution < -0.4 is 5.32 Å². The summed E-state index contributed by atoms with van der Waals surface area (Å²) >= 11 is 1.87. The first-order chi connectivity index (χ1) is 8.83. The van der Waals surface area contributed by atoms with Crippen molar-refractivity contribution < 1.29 is 0 Å². The van der Waals surface area contributed by atoms with Crippen LogP contribution in [0.5, 0.6) is 0 Å². The molecule has 1 N–H and O–H groups in total. The molecule has 0 amide bonds. The summed E-state index contributed by atoms with van der Waals surface area (Å²) in [6, 6.07) is 0. The molecule has 0 bridgehead atoms. The molecule has 2 heterocycles. The van der Waals surface area contributed by atoms with Gasteiger partial charge in [-0.15, -0.1) is 11.3 Å². The van der Waals surface area contributed by atoms with Crippen molar-refractivity contribution in [1.29, 1.82) is 0 Å². The van der Waals surface area contributed by atoms with E-state index in [1.807, 2.05) is 11.3 Å². The number of hydrogen-bond donors (Lipinski definition) is 1. The molecule has 2 aromatic heterocycles. The Bertz CT molecular complexity index is 574. The van der Waals surface area contributed by atoms with Gasteiger partial charge in [0.05, 0.1) is 5.39 Å². The van der Waals surface area contributed by atoms with Crippen LogP contribution >= 0.6 is 11.3 Å². The topological polar surface area (TPSA) is 37.8 Å². The van der Waals surface area contributed by atoms with Crippen molar-refractivity contribution in [2.45, 2.75) is 46.0 Å². The summed E-state index contributed by atoms with van der Waals surface area (Å²) in [5, 5.41) is 4.79. The zero-order valence-corrected chi connectivity index (χ0v) is 11.9. The number of nitrogens with zero attached hydrogens (tertiary/aromatic N) is 2. The highest BCUT2D eigenvalue weighted by molar-refractivity contribution is 7.19. The molecule has 18 heavy (non-hydrogen) atoms.